The van der Waals surface area contributed by atoms with E-state index in [0.717, 1.165) is 5.75 Å². The fourth-order valence-electron chi connectivity index (χ4n) is 3.30. The summed E-state index contributed by atoms with van der Waals surface area (Å²) in [5, 5.41) is 0. The molecule has 3 rings (SSSR count). The lowest BCUT2D eigenvalue weighted by molar-refractivity contribution is -0.136. The van der Waals surface area contributed by atoms with Crippen molar-refractivity contribution in [2.75, 3.05) is 33.4 Å². The van der Waals surface area contributed by atoms with Crippen LogP contribution in [0.5, 0.6) is 5.75 Å². The van der Waals surface area contributed by atoms with Crippen molar-refractivity contribution in [1.82, 2.24) is 15.8 Å². The summed E-state index contributed by atoms with van der Waals surface area (Å²) in [4.78, 5) is 14.5. The minimum atomic E-state index is 0.126. The third-order valence-electron chi connectivity index (χ3n) is 4.79. The molecule has 0 bridgehead atoms. The zero-order valence-corrected chi connectivity index (χ0v) is 13.7. The first kappa shape index (κ1) is 16.2. The Bertz CT molecular complexity index is 528. The molecule has 0 aliphatic carbocycles. The molecule has 2 N–H and O–H groups in total. The van der Waals surface area contributed by atoms with Crippen LogP contribution in [0, 0.1) is 5.92 Å². The summed E-state index contributed by atoms with van der Waals surface area (Å²) < 4.78 is 10.5. The van der Waals surface area contributed by atoms with Gasteiger partial charge in [0.25, 0.3) is 0 Å². The van der Waals surface area contributed by atoms with Crippen LogP contribution >= 0.6 is 0 Å². The number of hydrazine groups is 1. The largest absolute Gasteiger partial charge is 0.497 e. The van der Waals surface area contributed by atoms with Gasteiger partial charge in [0.05, 0.1) is 26.4 Å². The van der Waals surface area contributed by atoms with E-state index in [2.05, 4.69) is 29.9 Å². The van der Waals surface area contributed by atoms with Gasteiger partial charge in [0.2, 0.25) is 5.91 Å². The van der Waals surface area contributed by atoms with E-state index in [1.807, 2.05) is 17.0 Å². The predicted molar refractivity (Wildman–Crippen MR) is 87.0 cm³/mol. The number of methoxy groups -OCH3 is 1. The highest BCUT2D eigenvalue weighted by Crippen LogP contribution is 2.32. The molecule has 0 spiro atoms. The number of benzene rings is 1. The highest BCUT2D eigenvalue weighted by atomic mass is 16.5. The van der Waals surface area contributed by atoms with E-state index in [4.69, 9.17) is 9.47 Å². The van der Waals surface area contributed by atoms with Crippen molar-refractivity contribution in [2.24, 2.45) is 5.92 Å². The van der Waals surface area contributed by atoms with Crippen LogP contribution in [-0.2, 0) is 9.53 Å². The first-order chi connectivity index (χ1) is 11.2. The second kappa shape index (κ2) is 7.29. The van der Waals surface area contributed by atoms with Crippen LogP contribution in [-0.4, -0.2) is 50.3 Å². The summed E-state index contributed by atoms with van der Waals surface area (Å²) in [6.45, 7) is 4.81. The maximum atomic E-state index is 12.6. The van der Waals surface area contributed by atoms with Gasteiger partial charge in [-0.15, -0.1) is 0 Å². The molecule has 0 aromatic heterocycles. The van der Waals surface area contributed by atoms with Crippen molar-refractivity contribution >= 4 is 5.91 Å². The summed E-state index contributed by atoms with van der Waals surface area (Å²) in [7, 11) is 1.66. The molecule has 23 heavy (non-hydrogen) atoms. The number of rotatable bonds is 4. The van der Waals surface area contributed by atoms with Gasteiger partial charge in [-0.05, 0) is 24.6 Å². The predicted octanol–water partition coefficient (Wildman–Crippen LogP) is 1.10. The molecular formula is C17H25N3O3. The van der Waals surface area contributed by atoms with E-state index in [1.165, 1.54) is 5.56 Å². The van der Waals surface area contributed by atoms with E-state index < -0.39 is 0 Å². The lowest BCUT2D eigenvalue weighted by Crippen LogP contribution is -2.42. The lowest BCUT2D eigenvalue weighted by Gasteiger charge is -2.29. The van der Waals surface area contributed by atoms with Gasteiger partial charge in [-0.3, -0.25) is 10.2 Å². The normalized spacial score (nSPS) is 27.9. The topological polar surface area (TPSA) is 62.8 Å². The second-order valence-electron chi connectivity index (χ2n) is 6.19. The molecule has 3 atom stereocenters. The van der Waals surface area contributed by atoms with Crippen LogP contribution in [0.4, 0.5) is 0 Å². The molecular weight excluding hydrogens is 294 g/mol. The van der Waals surface area contributed by atoms with Gasteiger partial charge in [-0.25, -0.2) is 5.43 Å². The van der Waals surface area contributed by atoms with E-state index in [1.54, 1.807) is 7.11 Å². The molecule has 1 aromatic carbocycles. The Labute approximate surface area is 137 Å². The summed E-state index contributed by atoms with van der Waals surface area (Å²) in [6, 6.07) is 8.40. The number of carbonyl (C=O) groups excluding carboxylic acids is 1. The average molecular weight is 319 g/mol. The Kier molecular flexibility index (Phi) is 5.15. The average Bonchev–Trinajstić information content (AvgIpc) is 2.96. The van der Waals surface area contributed by atoms with Crippen molar-refractivity contribution in [3.63, 3.8) is 0 Å². The molecule has 6 nitrogen and oxygen atoms in total. The summed E-state index contributed by atoms with van der Waals surface area (Å²) in [5.74, 6) is 1.28. The Hall–Kier alpha value is -1.63. The van der Waals surface area contributed by atoms with Crippen LogP contribution in [0.15, 0.2) is 24.3 Å². The Morgan fingerprint density at radius 1 is 1.26 bits per heavy atom. The fraction of sp³-hybridized carbons (Fsp3) is 0.588. The van der Waals surface area contributed by atoms with Gasteiger partial charge < -0.3 is 14.4 Å². The van der Waals surface area contributed by atoms with Gasteiger partial charge in [-0.1, -0.05) is 12.1 Å². The standard InChI is InChI=1S/C17H25N3O3/c1-12-15(11-16(21)20-7-9-23-10-8-20)17(19-18-12)13-3-5-14(22-2)6-4-13/h3-6,12,15,17-19H,7-11H2,1-2H3. The SMILES string of the molecule is COc1ccc(C2NNC(C)C2CC(=O)N2CCOCC2)cc1. The van der Waals surface area contributed by atoms with Crippen molar-refractivity contribution in [3.05, 3.63) is 29.8 Å². The number of amides is 1. The van der Waals surface area contributed by atoms with E-state index in [0.29, 0.717) is 32.7 Å². The zero-order valence-electron chi connectivity index (χ0n) is 13.7. The van der Waals surface area contributed by atoms with Crippen molar-refractivity contribution in [1.29, 1.82) is 0 Å². The van der Waals surface area contributed by atoms with Crippen LogP contribution in [0.25, 0.3) is 0 Å². The van der Waals surface area contributed by atoms with E-state index >= 15 is 0 Å². The smallest absolute Gasteiger partial charge is 0.223 e. The number of nitrogens with one attached hydrogen (secondary N) is 2. The molecule has 6 heteroatoms. The number of hydrogen-bond donors (Lipinski definition) is 2. The Morgan fingerprint density at radius 3 is 2.61 bits per heavy atom. The molecule has 2 saturated heterocycles. The minimum absolute atomic E-state index is 0.126. The van der Waals surface area contributed by atoms with Crippen molar-refractivity contribution in [3.8, 4) is 5.75 Å². The van der Waals surface area contributed by atoms with Crippen LogP contribution in [0.3, 0.4) is 0 Å². The summed E-state index contributed by atoms with van der Waals surface area (Å²) in [5.41, 5.74) is 7.78. The van der Waals surface area contributed by atoms with Crippen molar-refractivity contribution < 1.29 is 14.3 Å². The molecule has 3 unspecified atom stereocenters. The monoisotopic (exact) mass is 319 g/mol. The number of morpholine rings is 1. The molecule has 0 radical (unpaired) electrons. The number of carbonyl (C=O) groups is 1. The molecule has 2 heterocycles. The second-order valence-corrected chi connectivity index (χ2v) is 6.19. The Balaban J connectivity index is 1.68. The maximum Gasteiger partial charge on any atom is 0.223 e. The van der Waals surface area contributed by atoms with Gasteiger partial charge in [0.15, 0.2) is 0 Å². The third-order valence-corrected chi connectivity index (χ3v) is 4.79. The van der Waals surface area contributed by atoms with Gasteiger partial charge in [0, 0.05) is 31.5 Å². The number of hydrogen-bond acceptors (Lipinski definition) is 5. The number of nitrogens with zero attached hydrogens (tertiary/aromatic N) is 1. The molecule has 0 saturated carbocycles. The van der Waals surface area contributed by atoms with Gasteiger partial charge in [-0.2, -0.15) is 0 Å². The highest BCUT2D eigenvalue weighted by Gasteiger charge is 2.36. The summed E-state index contributed by atoms with van der Waals surface area (Å²) in [6.07, 6.45) is 0.540. The zero-order chi connectivity index (χ0) is 16.2. The molecule has 126 valence electrons. The summed E-state index contributed by atoms with van der Waals surface area (Å²) >= 11 is 0. The first-order valence-electron chi connectivity index (χ1n) is 8.19. The lowest BCUT2D eigenvalue weighted by atomic mass is 9.87. The van der Waals surface area contributed by atoms with E-state index in [-0.39, 0.29) is 23.9 Å². The van der Waals surface area contributed by atoms with Gasteiger partial charge in [0.1, 0.15) is 5.75 Å². The van der Waals surface area contributed by atoms with Crippen molar-refractivity contribution in [2.45, 2.75) is 25.4 Å². The maximum absolute atomic E-state index is 12.6. The third kappa shape index (κ3) is 3.65. The molecule has 1 aromatic rings. The van der Waals surface area contributed by atoms with Crippen LogP contribution in [0.2, 0.25) is 0 Å². The minimum Gasteiger partial charge on any atom is -0.497 e. The van der Waals surface area contributed by atoms with Crippen LogP contribution in [0.1, 0.15) is 24.9 Å². The number of ether oxygens (including phenoxy) is 2. The van der Waals surface area contributed by atoms with Crippen LogP contribution < -0.4 is 15.6 Å². The fourth-order valence-corrected chi connectivity index (χ4v) is 3.30. The Morgan fingerprint density at radius 2 is 1.96 bits per heavy atom. The highest BCUT2D eigenvalue weighted by molar-refractivity contribution is 5.76. The molecule has 2 fully saturated rings. The first-order valence-corrected chi connectivity index (χ1v) is 8.19. The molecule has 2 aliphatic rings. The van der Waals surface area contributed by atoms with Gasteiger partial charge >= 0.3 is 0 Å². The molecule has 1 amide bonds. The quantitative estimate of drug-likeness (QED) is 0.870. The molecule has 2 aliphatic heterocycles. The van der Waals surface area contributed by atoms with E-state index in [9.17, 15) is 4.79 Å².